The van der Waals surface area contributed by atoms with E-state index in [1.807, 2.05) is 0 Å². The van der Waals surface area contributed by atoms with E-state index in [2.05, 4.69) is 54.2 Å². The van der Waals surface area contributed by atoms with Crippen LogP contribution in [0.5, 0.6) is 0 Å². The normalized spacial score (nSPS) is 26.8. The van der Waals surface area contributed by atoms with Crippen LogP contribution in [-0.2, 0) is 16.0 Å². The molecule has 0 aliphatic carbocycles. The van der Waals surface area contributed by atoms with Gasteiger partial charge in [0.05, 0.1) is 12.2 Å². The number of rotatable bonds is 12. The summed E-state index contributed by atoms with van der Waals surface area (Å²) in [7, 11) is 0. The van der Waals surface area contributed by atoms with E-state index in [9.17, 15) is 4.79 Å². The number of carbonyl (C=O) groups is 1. The van der Waals surface area contributed by atoms with Crippen molar-refractivity contribution in [2.45, 2.75) is 63.6 Å². The quantitative estimate of drug-likeness (QED) is 0.387. The summed E-state index contributed by atoms with van der Waals surface area (Å²) < 4.78 is 6.21. The van der Waals surface area contributed by atoms with Crippen LogP contribution >= 0.6 is 11.8 Å². The minimum atomic E-state index is -0.700. The first kappa shape index (κ1) is 20.5. The lowest BCUT2D eigenvalue weighted by atomic mass is 9.78. The zero-order valence-electron chi connectivity index (χ0n) is 16.1. The lowest BCUT2D eigenvalue weighted by Gasteiger charge is -2.27. The summed E-state index contributed by atoms with van der Waals surface area (Å²) in [6.07, 6.45) is 13.2. The molecule has 1 aromatic carbocycles. The maximum absolute atomic E-state index is 10.6. The number of fused-ring (bicyclic) bond motifs is 2. The molecule has 0 saturated carbocycles. The molecule has 2 fully saturated rings. The molecule has 2 bridgehead atoms. The third-order valence-electron chi connectivity index (χ3n) is 5.83. The van der Waals surface area contributed by atoms with Crippen LogP contribution in [0.1, 0.15) is 50.5 Å². The molecule has 4 atom stereocenters. The number of aliphatic carboxylic acids is 1. The topological polar surface area (TPSA) is 46.5 Å². The zero-order valence-corrected chi connectivity index (χ0v) is 16.9. The highest BCUT2D eigenvalue weighted by molar-refractivity contribution is 7.99. The molecule has 0 amide bonds. The molecular weight excluding hydrogens is 356 g/mol. The average Bonchev–Trinajstić information content (AvgIpc) is 3.27. The smallest absolute Gasteiger partial charge is 0.303 e. The van der Waals surface area contributed by atoms with E-state index in [1.54, 1.807) is 0 Å². The molecule has 0 unspecified atom stereocenters. The summed E-state index contributed by atoms with van der Waals surface area (Å²) in [5, 5.41) is 8.69. The van der Waals surface area contributed by atoms with Gasteiger partial charge in [0, 0.05) is 6.42 Å². The van der Waals surface area contributed by atoms with Gasteiger partial charge in [-0.15, -0.1) is 0 Å². The van der Waals surface area contributed by atoms with Crippen LogP contribution in [0.2, 0.25) is 0 Å². The van der Waals surface area contributed by atoms with Gasteiger partial charge in [0.25, 0.3) is 0 Å². The second-order valence-corrected chi connectivity index (χ2v) is 8.93. The molecule has 0 aromatic heterocycles. The number of carboxylic acid groups (broad SMARTS) is 1. The molecule has 1 N–H and O–H groups in total. The summed E-state index contributed by atoms with van der Waals surface area (Å²) in [4.78, 5) is 10.6. The number of unbranched alkanes of at least 4 members (excludes halogenated alkanes) is 1. The van der Waals surface area contributed by atoms with E-state index in [0.29, 0.717) is 24.0 Å². The minimum absolute atomic E-state index is 0.268. The Morgan fingerprint density at radius 3 is 2.67 bits per heavy atom. The first-order chi connectivity index (χ1) is 13.2. The Morgan fingerprint density at radius 2 is 1.89 bits per heavy atom. The average molecular weight is 389 g/mol. The molecule has 3 rings (SSSR count). The Labute approximate surface area is 167 Å². The summed E-state index contributed by atoms with van der Waals surface area (Å²) in [6, 6.07) is 10.7. The van der Waals surface area contributed by atoms with Crippen LogP contribution in [0, 0.1) is 11.8 Å². The van der Waals surface area contributed by atoms with Crippen molar-refractivity contribution in [1.29, 1.82) is 0 Å². The summed E-state index contributed by atoms with van der Waals surface area (Å²) in [5.41, 5.74) is 1.44. The lowest BCUT2D eigenvalue weighted by Crippen LogP contribution is -2.28. The van der Waals surface area contributed by atoms with Gasteiger partial charge in [0.15, 0.2) is 0 Å². The molecule has 2 aliphatic rings. The lowest BCUT2D eigenvalue weighted by molar-refractivity contribution is -0.137. The van der Waals surface area contributed by atoms with Crippen molar-refractivity contribution in [3.05, 3.63) is 48.0 Å². The summed E-state index contributed by atoms with van der Waals surface area (Å²) in [6.45, 7) is 0. The second-order valence-electron chi connectivity index (χ2n) is 7.78. The van der Waals surface area contributed by atoms with Gasteiger partial charge in [0.1, 0.15) is 0 Å². The highest BCUT2D eigenvalue weighted by Crippen LogP contribution is 2.46. The van der Waals surface area contributed by atoms with Crippen LogP contribution in [-0.4, -0.2) is 34.8 Å². The predicted octanol–water partition coefficient (Wildman–Crippen LogP) is 5.35. The van der Waals surface area contributed by atoms with Crippen LogP contribution in [0.3, 0.4) is 0 Å². The van der Waals surface area contributed by atoms with Crippen LogP contribution in [0.25, 0.3) is 0 Å². The Kier molecular flexibility index (Phi) is 8.28. The molecule has 0 radical (unpaired) electrons. The van der Waals surface area contributed by atoms with Crippen molar-refractivity contribution in [2.75, 3.05) is 11.5 Å². The fourth-order valence-electron chi connectivity index (χ4n) is 4.41. The van der Waals surface area contributed by atoms with Crippen molar-refractivity contribution in [3.8, 4) is 0 Å². The molecular formula is C23H32O3S. The maximum Gasteiger partial charge on any atom is 0.303 e. The van der Waals surface area contributed by atoms with Crippen molar-refractivity contribution in [1.82, 2.24) is 0 Å². The zero-order chi connectivity index (χ0) is 18.9. The van der Waals surface area contributed by atoms with Crippen molar-refractivity contribution in [2.24, 2.45) is 11.8 Å². The molecule has 2 saturated heterocycles. The number of ether oxygens (including phenoxy) is 1. The number of allylic oxidation sites excluding steroid dienone is 2. The minimum Gasteiger partial charge on any atom is -0.481 e. The van der Waals surface area contributed by atoms with Gasteiger partial charge in [-0.2, -0.15) is 11.8 Å². The van der Waals surface area contributed by atoms with Crippen molar-refractivity contribution < 1.29 is 14.6 Å². The molecule has 2 heterocycles. The van der Waals surface area contributed by atoms with E-state index in [-0.39, 0.29) is 6.42 Å². The number of hydrogen-bond donors (Lipinski definition) is 1. The van der Waals surface area contributed by atoms with Gasteiger partial charge in [-0.1, -0.05) is 42.5 Å². The first-order valence-corrected chi connectivity index (χ1v) is 11.5. The van der Waals surface area contributed by atoms with Crippen LogP contribution < -0.4 is 0 Å². The fourth-order valence-corrected chi connectivity index (χ4v) is 5.66. The molecule has 3 nitrogen and oxygen atoms in total. The number of aryl methyl sites for hydroxylation is 1. The van der Waals surface area contributed by atoms with E-state index >= 15 is 0 Å². The van der Waals surface area contributed by atoms with E-state index in [0.717, 1.165) is 19.3 Å². The van der Waals surface area contributed by atoms with Gasteiger partial charge < -0.3 is 9.84 Å². The number of hydrogen-bond acceptors (Lipinski definition) is 3. The monoisotopic (exact) mass is 388 g/mol. The largest absolute Gasteiger partial charge is 0.481 e. The van der Waals surface area contributed by atoms with Crippen LogP contribution in [0.15, 0.2) is 42.5 Å². The van der Waals surface area contributed by atoms with Gasteiger partial charge in [0.2, 0.25) is 0 Å². The SMILES string of the molecule is O=C(O)CCC/C=C\C[C@@H]1[C@@H](CSCCCc2ccccc2)[C@@H]2CC[C@H]1O2. The predicted molar refractivity (Wildman–Crippen MR) is 112 cm³/mol. The maximum atomic E-state index is 10.6. The number of carboxylic acids is 1. The van der Waals surface area contributed by atoms with Gasteiger partial charge in [-0.25, -0.2) is 0 Å². The Bertz CT molecular complexity index is 601. The Morgan fingerprint density at radius 1 is 1.11 bits per heavy atom. The van der Waals surface area contributed by atoms with Crippen molar-refractivity contribution in [3.63, 3.8) is 0 Å². The Hall–Kier alpha value is -1.26. The second kappa shape index (κ2) is 10.9. The molecule has 0 spiro atoms. The highest BCUT2D eigenvalue weighted by atomic mass is 32.2. The molecule has 27 heavy (non-hydrogen) atoms. The molecule has 1 aromatic rings. The third kappa shape index (κ3) is 6.39. The molecule has 2 aliphatic heterocycles. The summed E-state index contributed by atoms with van der Waals surface area (Å²) >= 11 is 2.09. The standard InChI is InChI=1S/C23H32O3S/c24-23(25)13-7-2-1-6-12-19-20(22-15-14-21(19)26-22)17-27-16-8-11-18-9-4-3-5-10-18/h1,3-6,9-10,19-22H,2,7-8,11-17H2,(H,24,25)/b6-1-/t19-,20-,21-,22+/m1/s1. The van der Waals surface area contributed by atoms with Crippen molar-refractivity contribution >= 4 is 17.7 Å². The first-order valence-electron chi connectivity index (χ1n) is 10.4. The van der Waals surface area contributed by atoms with E-state index in [4.69, 9.17) is 9.84 Å². The summed E-state index contributed by atoms with van der Waals surface area (Å²) in [5.74, 6) is 3.08. The molecule has 4 heteroatoms. The third-order valence-corrected chi connectivity index (χ3v) is 7.03. The van der Waals surface area contributed by atoms with Gasteiger partial charge >= 0.3 is 5.97 Å². The number of thioether (sulfide) groups is 1. The fraction of sp³-hybridized carbons (Fsp3) is 0.609. The van der Waals surface area contributed by atoms with E-state index < -0.39 is 5.97 Å². The van der Waals surface area contributed by atoms with Crippen LogP contribution in [0.4, 0.5) is 0 Å². The Balaban J connectivity index is 1.35. The molecule has 148 valence electrons. The highest BCUT2D eigenvalue weighted by Gasteiger charge is 2.47. The van der Waals surface area contributed by atoms with Gasteiger partial charge in [-0.3, -0.25) is 4.79 Å². The van der Waals surface area contributed by atoms with E-state index in [1.165, 1.54) is 42.8 Å². The van der Waals surface area contributed by atoms with Gasteiger partial charge in [-0.05, 0) is 73.9 Å². The number of benzene rings is 1.